The zero-order valence-corrected chi connectivity index (χ0v) is 15.0. The van der Waals surface area contributed by atoms with Crippen molar-refractivity contribution in [3.05, 3.63) is 35.4 Å². The Kier molecular flexibility index (Phi) is 8.26. The Balaban J connectivity index is 2.20. The molecule has 2 N–H and O–H groups in total. The second-order valence-electron chi connectivity index (χ2n) is 6.56. The molecule has 6 nitrogen and oxygen atoms in total. The van der Waals surface area contributed by atoms with E-state index in [1.807, 2.05) is 45.0 Å². The fraction of sp³-hybridized carbons (Fsp3) is 0.556. The molecule has 0 aliphatic rings. The van der Waals surface area contributed by atoms with Gasteiger partial charge in [-0.15, -0.1) is 0 Å². The standard InChI is InChI=1S/C18H28N2O4/c1-18(2,3)24-17(22)19-10-6-9-16(21)20-12-14-7-5-8-15(11-14)13-23-4/h5,7-8,11H,6,9-10,12-13H2,1-4H3,(H,19,22)(H,20,21). The van der Waals surface area contributed by atoms with Crippen LogP contribution >= 0.6 is 0 Å². The maximum atomic E-state index is 11.8. The number of hydrogen-bond donors (Lipinski definition) is 2. The van der Waals surface area contributed by atoms with Gasteiger partial charge in [0.1, 0.15) is 5.60 Å². The molecule has 0 fully saturated rings. The zero-order valence-electron chi connectivity index (χ0n) is 15.0. The SMILES string of the molecule is COCc1cccc(CNC(=O)CCCNC(=O)OC(C)(C)C)c1. The minimum absolute atomic E-state index is 0.0434. The van der Waals surface area contributed by atoms with Crippen LogP contribution in [0.15, 0.2) is 24.3 Å². The summed E-state index contributed by atoms with van der Waals surface area (Å²) in [6.45, 7) is 6.87. The van der Waals surface area contributed by atoms with Crippen LogP contribution < -0.4 is 10.6 Å². The summed E-state index contributed by atoms with van der Waals surface area (Å²) in [5.41, 5.74) is 1.59. The minimum Gasteiger partial charge on any atom is -0.444 e. The summed E-state index contributed by atoms with van der Waals surface area (Å²) >= 11 is 0. The van der Waals surface area contributed by atoms with E-state index in [0.717, 1.165) is 11.1 Å². The Labute approximate surface area is 143 Å². The minimum atomic E-state index is -0.515. The first-order chi connectivity index (χ1) is 11.3. The number of carbonyl (C=O) groups excluding carboxylic acids is 2. The fourth-order valence-corrected chi connectivity index (χ4v) is 2.04. The molecular weight excluding hydrogens is 308 g/mol. The van der Waals surface area contributed by atoms with Gasteiger partial charge in [0.2, 0.25) is 5.91 Å². The number of benzene rings is 1. The molecule has 0 aromatic heterocycles. The number of carbonyl (C=O) groups is 2. The van der Waals surface area contributed by atoms with E-state index in [9.17, 15) is 9.59 Å². The van der Waals surface area contributed by atoms with E-state index in [0.29, 0.717) is 32.5 Å². The van der Waals surface area contributed by atoms with E-state index in [2.05, 4.69) is 10.6 Å². The highest BCUT2D eigenvalue weighted by Gasteiger charge is 2.15. The molecule has 6 heteroatoms. The molecule has 0 bridgehead atoms. The molecule has 134 valence electrons. The van der Waals surface area contributed by atoms with Crippen molar-refractivity contribution in [2.75, 3.05) is 13.7 Å². The van der Waals surface area contributed by atoms with Crippen molar-refractivity contribution in [2.45, 2.75) is 52.4 Å². The molecule has 0 atom stereocenters. The molecule has 1 rings (SSSR count). The number of methoxy groups -OCH3 is 1. The van der Waals surface area contributed by atoms with Gasteiger partial charge in [-0.25, -0.2) is 4.79 Å². The maximum Gasteiger partial charge on any atom is 0.407 e. The summed E-state index contributed by atoms with van der Waals surface area (Å²) < 4.78 is 10.2. The van der Waals surface area contributed by atoms with Crippen molar-refractivity contribution < 1.29 is 19.1 Å². The molecule has 0 saturated heterocycles. The summed E-state index contributed by atoms with van der Waals surface area (Å²) in [5, 5.41) is 5.51. The van der Waals surface area contributed by atoms with Crippen LogP contribution in [0.2, 0.25) is 0 Å². The lowest BCUT2D eigenvalue weighted by Gasteiger charge is -2.19. The van der Waals surface area contributed by atoms with Crippen molar-refractivity contribution in [1.29, 1.82) is 0 Å². The molecule has 24 heavy (non-hydrogen) atoms. The van der Waals surface area contributed by atoms with Crippen LogP contribution in [0.25, 0.3) is 0 Å². The van der Waals surface area contributed by atoms with Crippen LogP contribution in [0.4, 0.5) is 4.79 Å². The van der Waals surface area contributed by atoms with Gasteiger partial charge in [0.05, 0.1) is 6.61 Å². The van der Waals surface area contributed by atoms with Gasteiger partial charge in [-0.3, -0.25) is 4.79 Å². The largest absolute Gasteiger partial charge is 0.444 e. The molecule has 0 spiro atoms. The molecule has 0 aliphatic heterocycles. The van der Waals surface area contributed by atoms with E-state index < -0.39 is 11.7 Å². The molecule has 0 saturated carbocycles. The Bertz CT molecular complexity index is 538. The molecule has 0 unspecified atom stereocenters. The number of nitrogens with one attached hydrogen (secondary N) is 2. The first kappa shape index (κ1) is 20.0. The lowest BCUT2D eigenvalue weighted by Crippen LogP contribution is -2.33. The van der Waals surface area contributed by atoms with Gasteiger partial charge < -0.3 is 20.1 Å². The smallest absolute Gasteiger partial charge is 0.407 e. The Morgan fingerprint density at radius 3 is 2.50 bits per heavy atom. The van der Waals surface area contributed by atoms with Crippen LogP contribution in [-0.4, -0.2) is 31.3 Å². The number of amides is 2. The summed E-state index contributed by atoms with van der Waals surface area (Å²) in [6, 6.07) is 7.90. The molecular formula is C18H28N2O4. The quantitative estimate of drug-likeness (QED) is 0.716. The van der Waals surface area contributed by atoms with Gasteiger partial charge in [0, 0.05) is 26.6 Å². The van der Waals surface area contributed by atoms with Crippen LogP contribution in [-0.2, 0) is 27.4 Å². The average Bonchev–Trinajstić information content (AvgIpc) is 2.48. The van der Waals surface area contributed by atoms with Gasteiger partial charge in [0.25, 0.3) is 0 Å². The first-order valence-corrected chi connectivity index (χ1v) is 8.10. The van der Waals surface area contributed by atoms with Crippen molar-refractivity contribution in [1.82, 2.24) is 10.6 Å². The van der Waals surface area contributed by atoms with Crippen LogP contribution in [0.5, 0.6) is 0 Å². The fourth-order valence-electron chi connectivity index (χ4n) is 2.04. The van der Waals surface area contributed by atoms with Gasteiger partial charge in [-0.1, -0.05) is 24.3 Å². The third-order valence-electron chi connectivity index (χ3n) is 3.04. The molecule has 0 radical (unpaired) electrons. The summed E-state index contributed by atoms with van der Waals surface area (Å²) in [7, 11) is 1.65. The van der Waals surface area contributed by atoms with E-state index in [4.69, 9.17) is 9.47 Å². The van der Waals surface area contributed by atoms with Crippen LogP contribution in [0.3, 0.4) is 0 Å². The van der Waals surface area contributed by atoms with Gasteiger partial charge in [-0.2, -0.15) is 0 Å². The van der Waals surface area contributed by atoms with Gasteiger partial charge in [-0.05, 0) is 38.3 Å². The van der Waals surface area contributed by atoms with Crippen LogP contribution in [0.1, 0.15) is 44.7 Å². The molecule has 2 amide bonds. The molecule has 1 aromatic carbocycles. The van der Waals surface area contributed by atoms with E-state index in [-0.39, 0.29) is 5.91 Å². The monoisotopic (exact) mass is 336 g/mol. The lowest BCUT2D eigenvalue weighted by molar-refractivity contribution is -0.121. The highest BCUT2D eigenvalue weighted by Crippen LogP contribution is 2.07. The molecule has 0 aliphatic carbocycles. The highest BCUT2D eigenvalue weighted by molar-refractivity contribution is 5.76. The topological polar surface area (TPSA) is 76.7 Å². The summed E-state index contributed by atoms with van der Waals surface area (Å²) in [4.78, 5) is 23.3. The second kappa shape index (κ2) is 9.93. The number of hydrogen-bond acceptors (Lipinski definition) is 4. The predicted molar refractivity (Wildman–Crippen MR) is 92.5 cm³/mol. The van der Waals surface area contributed by atoms with E-state index >= 15 is 0 Å². The highest BCUT2D eigenvalue weighted by atomic mass is 16.6. The second-order valence-corrected chi connectivity index (χ2v) is 6.56. The number of ether oxygens (including phenoxy) is 2. The molecule has 0 heterocycles. The zero-order chi connectivity index (χ0) is 18.0. The predicted octanol–water partition coefficient (Wildman–Crippen LogP) is 2.75. The Hall–Kier alpha value is -2.08. The summed E-state index contributed by atoms with van der Waals surface area (Å²) in [5.74, 6) is -0.0434. The third kappa shape index (κ3) is 9.15. The van der Waals surface area contributed by atoms with Crippen molar-refractivity contribution in [3.63, 3.8) is 0 Å². The van der Waals surface area contributed by atoms with Gasteiger partial charge in [0.15, 0.2) is 0 Å². The lowest BCUT2D eigenvalue weighted by atomic mass is 10.1. The summed E-state index contributed by atoms with van der Waals surface area (Å²) in [6.07, 6.45) is 0.459. The van der Waals surface area contributed by atoms with Crippen molar-refractivity contribution in [3.8, 4) is 0 Å². The average molecular weight is 336 g/mol. The van der Waals surface area contributed by atoms with Gasteiger partial charge >= 0.3 is 6.09 Å². The van der Waals surface area contributed by atoms with E-state index in [1.165, 1.54) is 0 Å². The Morgan fingerprint density at radius 1 is 1.12 bits per heavy atom. The third-order valence-corrected chi connectivity index (χ3v) is 3.04. The van der Waals surface area contributed by atoms with E-state index in [1.54, 1.807) is 7.11 Å². The maximum absolute atomic E-state index is 11.8. The molecule has 1 aromatic rings. The van der Waals surface area contributed by atoms with Crippen molar-refractivity contribution in [2.24, 2.45) is 0 Å². The normalized spacial score (nSPS) is 11.0. The number of alkyl carbamates (subject to hydrolysis) is 1. The van der Waals surface area contributed by atoms with Crippen molar-refractivity contribution >= 4 is 12.0 Å². The van der Waals surface area contributed by atoms with Crippen LogP contribution in [0, 0.1) is 0 Å². The Morgan fingerprint density at radius 2 is 1.83 bits per heavy atom. The first-order valence-electron chi connectivity index (χ1n) is 8.10. The number of rotatable bonds is 8.